The molecule has 1 aromatic rings. The summed E-state index contributed by atoms with van der Waals surface area (Å²) in [5, 5.41) is 0. The van der Waals surface area contributed by atoms with Gasteiger partial charge in [-0.05, 0) is 12.1 Å². The first-order chi connectivity index (χ1) is 7.88. The Morgan fingerprint density at radius 1 is 1.35 bits per heavy atom. The highest BCUT2D eigenvalue weighted by Crippen LogP contribution is 2.21. The molecule has 0 N–H and O–H groups in total. The Labute approximate surface area is 104 Å². The van der Waals surface area contributed by atoms with Gasteiger partial charge in [-0.25, -0.2) is 12.8 Å². The second kappa shape index (κ2) is 6.16. The number of carbonyl (C=O) groups is 1. The summed E-state index contributed by atoms with van der Waals surface area (Å²) in [6, 6.07) is 6.17. The van der Waals surface area contributed by atoms with E-state index >= 15 is 0 Å². The van der Waals surface area contributed by atoms with Crippen LogP contribution in [0.4, 0.5) is 4.39 Å². The second-order valence-corrected chi connectivity index (χ2v) is 6.91. The van der Waals surface area contributed by atoms with E-state index in [0.717, 1.165) is 18.0 Å². The lowest BCUT2D eigenvalue weighted by molar-refractivity contribution is -0.116. The maximum atomic E-state index is 13.2. The van der Waals surface area contributed by atoms with Crippen molar-refractivity contribution < 1.29 is 17.6 Å². The van der Waals surface area contributed by atoms with E-state index in [0.29, 0.717) is 4.90 Å². The first-order valence-corrected chi connectivity index (χ1v) is 8.00. The molecule has 0 saturated heterocycles. The SMILES string of the molecule is CS(=O)(=O)CCC(=O)CSc1ccccc1F. The first kappa shape index (κ1) is 14.2. The molecule has 17 heavy (non-hydrogen) atoms. The van der Waals surface area contributed by atoms with Crippen LogP contribution in [0.3, 0.4) is 0 Å². The molecule has 1 aromatic carbocycles. The third kappa shape index (κ3) is 5.83. The highest BCUT2D eigenvalue weighted by molar-refractivity contribution is 8.00. The number of hydrogen-bond donors (Lipinski definition) is 0. The van der Waals surface area contributed by atoms with Crippen molar-refractivity contribution in [1.82, 2.24) is 0 Å². The molecule has 0 unspecified atom stereocenters. The Bertz CT molecular complexity index is 497. The predicted molar refractivity (Wildman–Crippen MR) is 66.5 cm³/mol. The lowest BCUT2D eigenvalue weighted by Crippen LogP contribution is -2.10. The van der Waals surface area contributed by atoms with E-state index in [1.54, 1.807) is 18.2 Å². The summed E-state index contributed by atoms with van der Waals surface area (Å²) >= 11 is 1.09. The van der Waals surface area contributed by atoms with Crippen molar-refractivity contribution in [3.05, 3.63) is 30.1 Å². The fraction of sp³-hybridized carbons (Fsp3) is 0.364. The van der Waals surface area contributed by atoms with Crippen LogP contribution in [0.1, 0.15) is 6.42 Å². The molecule has 1 rings (SSSR count). The fourth-order valence-corrected chi connectivity index (χ4v) is 2.53. The summed E-state index contributed by atoms with van der Waals surface area (Å²) < 4.78 is 34.9. The van der Waals surface area contributed by atoms with E-state index in [-0.39, 0.29) is 29.5 Å². The average molecular weight is 276 g/mol. The monoisotopic (exact) mass is 276 g/mol. The van der Waals surface area contributed by atoms with Gasteiger partial charge in [-0.15, -0.1) is 11.8 Å². The molecule has 0 heterocycles. The molecule has 0 spiro atoms. The van der Waals surface area contributed by atoms with Crippen molar-refractivity contribution in [1.29, 1.82) is 0 Å². The minimum atomic E-state index is -3.11. The Kier molecular flexibility index (Phi) is 5.14. The van der Waals surface area contributed by atoms with Gasteiger partial charge < -0.3 is 0 Å². The van der Waals surface area contributed by atoms with Gasteiger partial charge >= 0.3 is 0 Å². The van der Waals surface area contributed by atoms with Gasteiger partial charge in [-0.2, -0.15) is 0 Å². The third-order valence-electron chi connectivity index (χ3n) is 1.98. The zero-order chi connectivity index (χ0) is 12.9. The number of benzene rings is 1. The second-order valence-electron chi connectivity index (χ2n) is 3.64. The van der Waals surface area contributed by atoms with E-state index in [1.807, 2.05) is 0 Å². The number of hydrogen-bond acceptors (Lipinski definition) is 4. The van der Waals surface area contributed by atoms with Crippen molar-refractivity contribution >= 4 is 27.4 Å². The third-order valence-corrected chi connectivity index (χ3v) is 4.03. The summed E-state index contributed by atoms with van der Waals surface area (Å²) in [7, 11) is -3.11. The van der Waals surface area contributed by atoms with Gasteiger partial charge in [-0.3, -0.25) is 4.79 Å². The molecule has 0 fully saturated rings. The van der Waals surface area contributed by atoms with Gasteiger partial charge in [0.25, 0.3) is 0 Å². The number of ketones is 1. The zero-order valence-corrected chi connectivity index (χ0v) is 11.0. The van der Waals surface area contributed by atoms with Crippen LogP contribution in [-0.4, -0.2) is 32.0 Å². The van der Waals surface area contributed by atoms with Crippen LogP contribution in [0.15, 0.2) is 29.2 Å². The number of Topliss-reactive ketones (excluding diaryl/α,β-unsaturated/α-hetero) is 1. The van der Waals surface area contributed by atoms with Crippen LogP contribution in [0, 0.1) is 5.82 Å². The molecule has 0 amide bonds. The Morgan fingerprint density at radius 2 is 2.00 bits per heavy atom. The summed E-state index contributed by atoms with van der Waals surface area (Å²) in [4.78, 5) is 11.8. The van der Waals surface area contributed by atoms with Gasteiger partial charge in [-0.1, -0.05) is 12.1 Å². The first-order valence-electron chi connectivity index (χ1n) is 4.95. The number of halogens is 1. The Balaban J connectivity index is 2.42. The molecule has 6 heteroatoms. The van der Waals surface area contributed by atoms with E-state index < -0.39 is 9.84 Å². The van der Waals surface area contributed by atoms with E-state index in [9.17, 15) is 17.6 Å². The maximum absolute atomic E-state index is 13.2. The van der Waals surface area contributed by atoms with Crippen molar-refractivity contribution in [3.63, 3.8) is 0 Å². The van der Waals surface area contributed by atoms with Crippen molar-refractivity contribution in [2.24, 2.45) is 0 Å². The molecule has 0 aliphatic rings. The fourth-order valence-electron chi connectivity index (χ4n) is 1.09. The molecule has 0 aliphatic heterocycles. The summed E-state index contributed by atoms with van der Waals surface area (Å²) in [5.41, 5.74) is 0. The van der Waals surface area contributed by atoms with Crippen LogP contribution in [-0.2, 0) is 14.6 Å². The highest BCUT2D eigenvalue weighted by Gasteiger charge is 2.09. The molecular formula is C11H13FO3S2. The van der Waals surface area contributed by atoms with E-state index in [4.69, 9.17) is 0 Å². The molecule has 94 valence electrons. The van der Waals surface area contributed by atoms with Crippen molar-refractivity contribution in [2.45, 2.75) is 11.3 Å². The quantitative estimate of drug-likeness (QED) is 0.745. The molecule has 0 aromatic heterocycles. The van der Waals surface area contributed by atoms with Crippen molar-refractivity contribution in [2.75, 3.05) is 17.8 Å². The standard InChI is InChI=1S/C11H13FO3S2/c1-17(14,15)7-6-9(13)8-16-11-5-3-2-4-10(11)12/h2-5H,6-8H2,1H3. The topological polar surface area (TPSA) is 51.2 Å². The summed E-state index contributed by atoms with van der Waals surface area (Å²) in [6.45, 7) is 0. The summed E-state index contributed by atoms with van der Waals surface area (Å²) in [6.07, 6.45) is 1.07. The number of rotatable bonds is 6. The van der Waals surface area contributed by atoms with Crippen LogP contribution in [0.25, 0.3) is 0 Å². The number of thioether (sulfide) groups is 1. The minimum Gasteiger partial charge on any atom is -0.299 e. The van der Waals surface area contributed by atoms with Crippen LogP contribution in [0.5, 0.6) is 0 Å². The molecule has 3 nitrogen and oxygen atoms in total. The lowest BCUT2D eigenvalue weighted by Gasteiger charge is -2.02. The zero-order valence-electron chi connectivity index (χ0n) is 9.35. The smallest absolute Gasteiger partial charge is 0.147 e. The molecule has 0 bridgehead atoms. The van der Waals surface area contributed by atoms with Gasteiger partial charge in [0.15, 0.2) is 0 Å². The molecular weight excluding hydrogens is 263 g/mol. The molecule has 0 atom stereocenters. The predicted octanol–water partition coefficient (Wildman–Crippen LogP) is 1.92. The van der Waals surface area contributed by atoms with E-state index in [2.05, 4.69) is 0 Å². The number of carbonyl (C=O) groups excluding carboxylic acids is 1. The van der Waals surface area contributed by atoms with Crippen LogP contribution in [0.2, 0.25) is 0 Å². The average Bonchev–Trinajstić information content (AvgIpc) is 2.24. The van der Waals surface area contributed by atoms with Gasteiger partial charge in [0.1, 0.15) is 21.4 Å². The van der Waals surface area contributed by atoms with Crippen LogP contribution < -0.4 is 0 Å². The normalized spacial score (nSPS) is 11.4. The minimum absolute atomic E-state index is 0.0136. The molecule has 0 radical (unpaired) electrons. The number of sulfone groups is 1. The van der Waals surface area contributed by atoms with Crippen LogP contribution >= 0.6 is 11.8 Å². The highest BCUT2D eigenvalue weighted by atomic mass is 32.2. The molecule has 0 saturated carbocycles. The van der Waals surface area contributed by atoms with Gasteiger partial charge in [0, 0.05) is 17.6 Å². The lowest BCUT2D eigenvalue weighted by atomic mass is 10.3. The largest absolute Gasteiger partial charge is 0.299 e. The summed E-state index contributed by atoms with van der Waals surface area (Å²) in [5.74, 6) is -0.614. The van der Waals surface area contributed by atoms with Crippen molar-refractivity contribution in [3.8, 4) is 0 Å². The Morgan fingerprint density at radius 3 is 2.59 bits per heavy atom. The Hall–Kier alpha value is -0.880. The van der Waals surface area contributed by atoms with Gasteiger partial charge in [0.2, 0.25) is 0 Å². The van der Waals surface area contributed by atoms with E-state index in [1.165, 1.54) is 6.07 Å². The van der Waals surface area contributed by atoms with Gasteiger partial charge in [0.05, 0.1) is 11.5 Å². The maximum Gasteiger partial charge on any atom is 0.147 e. The molecule has 0 aliphatic carbocycles.